The van der Waals surface area contributed by atoms with Gasteiger partial charge in [-0.05, 0) is 24.2 Å². The molecule has 0 spiro atoms. The molecule has 0 radical (unpaired) electrons. The summed E-state index contributed by atoms with van der Waals surface area (Å²) in [7, 11) is 0. The Morgan fingerprint density at radius 2 is 2.09 bits per heavy atom. The maximum absolute atomic E-state index is 11.1. The molecule has 64 valence electrons. The number of hydrogen-bond donors (Lipinski definition) is 0. The quantitative estimate of drug-likeness (QED) is 0.567. The Bertz CT molecular complexity index is 149. The van der Waals surface area contributed by atoms with Crippen LogP contribution in [0.25, 0.3) is 0 Å². The molecular formula is C10H18O. The molecule has 0 bridgehead atoms. The molecule has 0 heterocycles. The van der Waals surface area contributed by atoms with Crippen LogP contribution in [-0.4, -0.2) is 5.78 Å². The van der Waals surface area contributed by atoms with Crippen molar-refractivity contribution in [2.45, 2.75) is 40.0 Å². The van der Waals surface area contributed by atoms with Crippen LogP contribution in [0, 0.1) is 17.8 Å². The first kappa shape index (κ1) is 8.76. The molecule has 0 unspecified atom stereocenters. The van der Waals surface area contributed by atoms with E-state index in [2.05, 4.69) is 20.8 Å². The van der Waals surface area contributed by atoms with E-state index in [1.54, 1.807) is 0 Å². The highest BCUT2D eigenvalue weighted by molar-refractivity contribution is 5.79. The third-order valence-corrected chi connectivity index (χ3v) is 2.93. The van der Waals surface area contributed by atoms with Gasteiger partial charge in [-0.3, -0.25) is 4.79 Å². The lowest BCUT2D eigenvalue weighted by Crippen LogP contribution is -2.26. The van der Waals surface area contributed by atoms with Gasteiger partial charge in [0.05, 0.1) is 0 Å². The number of hydrogen-bond acceptors (Lipinski definition) is 1. The van der Waals surface area contributed by atoms with Crippen LogP contribution in [0.5, 0.6) is 0 Å². The van der Waals surface area contributed by atoms with Gasteiger partial charge in [-0.1, -0.05) is 20.8 Å². The van der Waals surface area contributed by atoms with Crippen molar-refractivity contribution < 1.29 is 4.79 Å². The summed E-state index contributed by atoms with van der Waals surface area (Å²) in [4.78, 5) is 11.1. The third-order valence-electron chi connectivity index (χ3n) is 2.93. The average Bonchev–Trinajstić information content (AvgIpc) is 1.94. The highest BCUT2D eigenvalue weighted by Crippen LogP contribution is 2.32. The van der Waals surface area contributed by atoms with E-state index in [0.29, 0.717) is 17.6 Å². The van der Waals surface area contributed by atoms with Crippen LogP contribution in [0.1, 0.15) is 40.0 Å². The predicted molar refractivity (Wildman–Crippen MR) is 46.4 cm³/mol. The van der Waals surface area contributed by atoms with Crippen molar-refractivity contribution >= 4 is 5.78 Å². The molecule has 1 rings (SSSR count). The minimum atomic E-state index is 0.474. The Hall–Kier alpha value is -0.330. The lowest BCUT2D eigenvalue weighted by molar-refractivity contribution is -0.123. The van der Waals surface area contributed by atoms with Gasteiger partial charge in [-0.2, -0.15) is 0 Å². The minimum absolute atomic E-state index is 0.474. The summed E-state index contributed by atoms with van der Waals surface area (Å²) in [5, 5.41) is 0. The second kappa shape index (κ2) is 3.38. The molecule has 11 heavy (non-hydrogen) atoms. The fraction of sp³-hybridized carbons (Fsp3) is 0.900. The molecule has 1 fully saturated rings. The van der Waals surface area contributed by atoms with E-state index in [9.17, 15) is 4.79 Å². The topological polar surface area (TPSA) is 17.1 Å². The highest BCUT2D eigenvalue weighted by atomic mass is 16.1. The Labute approximate surface area is 69.2 Å². The zero-order valence-electron chi connectivity index (χ0n) is 7.76. The zero-order valence-corrected chi connectivity index (χ0v) is 7.76. The Morgan fingerprint density at radius 3 is 2.55 bits per heavy atom. The fourth-order valence-corrected chi connectivity index (χ4v) is 2.06. The summed E-state index contributed by atoms with van der Waals surface area (Å²) < 4.78 is 0. The third kappa shape index (κ3) is 2.05. The number of ketones is 1. The van der Waals surface area contributed by atoms with Crippen molar-refractivity contribution in [2.75, 3.05) is 0 Å². The molecule has 1 heteroatoms. The number of Topliss-reactive ketones (excluding diaryl/α,β-unsaturated/α-hetero) is 1. The molecular weight excluding hydrogens is 136 g/mol. The van der Waals surface area contributed by atoms with E-state index in [0.717, 1.165) is 25.2 Å². The lowest BCUT2D eigenvalue weighted by atomic mass is 9.74. The summed E-state index contributed by atoms with van der Waals surface area (Å²) in [5.74, 6) is 2.56. The van der Waals surface area contributed by atoms with E-state index < -0.39 is 0 Å². The molecule has 1 nitrogen and oxygen atoms in total. The lowest BCUT2D eigenvalue weighted by Gasteiger charge is -2.30. The zero-order chi connectivity index (χ0) is 8.43. The molecule has 0 aromatic rings. The molecule has 0 N–H and O–H groups in total. The number of rotatable bonds is 1. The molecule has 0 saturated heterocycles. The van der Waals surface area contributed by atoms with E-state index in [1.165, 1.54) is 0 Å². The Morgan fingerprint density at radius 1 is 1.45 bits per heavy atom. The molecule has 2 atom stereocenters. The first-order valence-corrected chi connectivity index (χ1v) is 4.63. The van der Waals surface area contributed by atoms with Crippen molar-refractivity contribution in [3.8, 4) is 0 Å². The van der Waals surface area contributed by atoms with E-state index in [4.69, 9.17) is 0 Å². The summed E-state index contributed by atoms with van der Waals surface area (Å²) in [5.41, 5.74) is 0. The molecule has 1 saturated carbocycles. The van der Waals surface area contributed by atoms with Crippen molar-refractivity contribution in [1.29, 1.82) is 0 Å². The largest absolute Gasteiger partial charge is 0.300 e. The summed E-state index contributed by atoms with van der Waals surface area (Å²) in [6.07, 6.45) is 2.77. The first-order valence-electron chi connectivity index (χ1n) is 4.63. The maximum atomic E-state index is 11.1. The van der Waals surface area contributed by atoms with Gasteiger partial charge in [0, 0.05) is 12.8 Å². The average molecular weight is 154 g/mol. The second-order valence-corrected chi connectivity index (χ2v) is 4.17. The van der Waals surface area contributed by atoms with Gasteiger partial charge in [0.2, 0.25) is 0 Å². The number of carbonyl (C=O) groups excluding carboxylic acids is 1. The fourth-order valence-electron chi connectivity index (χ4n) is 2.06. The normalized spacial score (nSPS) is 32.9. The van der Waals surface area contributed by atoms with Gasteiger partial charge in [0.1, 0.15) is 5.78 Å². The Balaban J connectivity index is 2.54. The van der Waals surface area contributed by atoms with Crippen molar-refractivity contribution in [2.24, 2.45) is 17.8 Å². The van der Waals surface area contributed by atoms with Crippen LogP contribution >= 0.6 is 0 Å². The van der Waals surface area contributed by atoms with Crippen molar-refractivity contribution in [3.63, 3.8) is 0 Å². The van der Waals surface area contributed by atoms with Crippen LogP contribution in [0.2, 0.25) is 0 Å². The smallest absolute Gasteiger partial charge is 0.133 e. The van der Waals surface area contributed by atoms with Crippen LogP contribution in [0.3, 0.4) is 0 Å². The molecule has 1 aliphatic carbocycles. The molecule has 0 aromatic heterocycles. The van der Waals surface area contributed by atoms with Crippen molar-refractivity contribution in [1.82, 2.24) is 0 Å². The van der Waals surface area contributed by atoms with Crippen LogP contribution in [-0.2, 0) is 4.79 Å². The van der Waals surface area contributed by atoms with Gasteiger partial charge in [-0.25, -0.2) is 0 Å². The summed E-state index contributed by atoms with van der Waals surface area (Å²) in [6.45, 7) is 6.72. The second-order valence-electron chi connectivity index (χ2n) is 4.17. The minimum Gasteiger partial charge on any atom is -0.300 e. The summed E-state index contributed by atoms with van der Waals surface area (Å²) in [6, 6.07) is 0. The number of carbonyl (C=O) groups is 1. The highest BCUT2D eigenvalue weighted by Gasteiger charge is 2.27. The Kier molecular flexibility index (Phi) is 2.69. The molecule has 0 aromatic carbocycles. The van der Waals surface area contributed by atoms with Gasteiger partial charge >= 0.3 is 0 Å². The first-order chi connectivity index (χ1) is 5.11. The standard InChI is InChI=1S/C10H18O/c1-7(2)10-6-9(11)5-4-8(10)3/h7-8,10H,4-6H2,1-3H3/t8-,10-/m0/s1. The van der Waals surface area contributed by atoms with E-state index in [1.807, 2.05) is 0 Å². The van der Waals surface area contributed by atoms with Gasteiger partial charge < -0.3 is 0 Å². The van der Waals surface area contributed by atoms with Gasteiger partial charge in [0.25, 0.3) is 0 Å². The molecule has 0 aliphatic heterocycles. The molecule has 1 aliphatic rings. The van der Waals surface area contributed by atoms with E-state index >= 15 is 0 Å². The van der Waals surface area contributed by atoms with Crippen molar-refractivity contribution in [3.05, 3.63) is 0 Å². The predicted octanol–water partition coefficient (Wildman–Crippen LogP) is 2.65. The van der Waals surface area contributed by atoms with Crippen LogP contribution < -0.4 is 0 Å². The van der Waals surface area contributed by atoms with Gasteiger partial charge in [0.15, 0.2) is 0 Å². The van der Waals surface area contributed by atoms with Crippen LogP contribution in [0.15, 0.2) is 0 Å². The molecule has 0 amide bonds. The van der Waals surface area contributed by atoms with Crippen LogP contribution in [0.4, 0.5) is 0 Å². The maximum Gasteiger partial charge on any atom is 0.133 e. The van der Waals surface area contributed by atoms with E-state index in [-0.39, 0.29) is 0 Å². The summed E-state index contributed by atoms with van der Waals surface area (Å²) >= 11 is 0. The monoisotopic (exact) mass is 154 g/mol. The van der Waals surface area contributed by atoms with Gasteiger partial charge in [-0.15, -0.1) is 0 Å². The SMILES string of the molecule is CC(C)[C@@H]1CC(=O)CC[C@@H]1C.